The van der Waals surface area contributed by atoms with E-state index in [9.17, 15) is 5.11 Å². The molecular formula is C13H18N2O. The summed E-state index contributed by atoms with van der Waals surface area (Å²) in [6.45, 7) is 5.19. The van der Waals surface area contributed by atoms with Crippen LogP contribution in [0.2, 0.25) is 0 Å². The molecule has 1 aromatic rings. The molecule has 1 N–H and O–H groups in total. The van der Waals surface area contributed by atoms with Crippen LogP contribution in [-0.2, 0) is 0 Å². The van der Waals surface area contributed by atoms with E-state index in [2.05, 4.69) is 17.8 Å². The molecule has 0 aliphatic rings. The summed E-state index contributed by atoms with van der Waals surface area (Å²) in [7, 11) is 0. The van der Waals surface area contributed by atoms with Gasteiger partial charge < -0.3 is 10.0 Å². The lowest BCUT2D eigenvalue weighted by molar-refractivity contribution is 0.199. The molecule has 0 fully saturated rings. The first-order chi connectivity index (χ1) is 7.70. The SMILES string of the molecule is C#CCN(CCC)c1ncccc1[C@@H](C)O. The number of hydrogen-bond donors (Lipinski definition) is 1. The number of aromatic nitrogens is 1. The van der Waals surface area contributed by atoms with E-state index in [0.717, 1.165) is 24.3 Å². The highest BCUT2D eigenvalue weighted by Crippen LogP contribution is 2.23. The van der Waals surface area contributed by atoms with Crippen LogP contribution >= 0.6 is 0 Å². The van der Waals surface area contributed by atoms with Crippen molar-refractivity contribution in [3.8, 4) is 12.3 Å². The number of aliphatic hydroxyl groups excluding tert-OH is 1. The van der Waals surface area contributed by atoms with Gasteiger partial charge in [-0.1, -0.05) is 18.9 Å². The molecule has 0 aromatic carbocycles. The van der Waals surface area contributed by atoms with Crippen LogP contribution in [0.3, 0.4) is 0 Å². The fourth-order valence-corrected chi connectivity index (χ4v) is 1.64. The minimum Gasteiger partial charge on any atom is -0.389 e. The Bertz CT molecular complexity index is 368. The smallest absolute Gasteiger partial charge is 0.135 e. The summed E-state index contributed by atoms with van der Waals surface area (Å²) in [5, 5.41) is 9.67. The van der Waals surface area contributed by atoms with Gasteiger partial charge in [-0.05, 0) is 19.4 Å². The number of hydrogen-bond acceptors (Lipinski definition) is 3. The Morgan fingerprint density at radius 1 is 1.62 bits per heavy atom. The van der Waals surface area contributed by atoms with Crippen LogP contribution in [0.5, 0.6) is 0 Å². The topological polar surface area (TPSA) is 36.4 Å². The van der Waals surface area contributed by atoms with Crippen LogP contribution in [0.4, 0.5) is 5.82 Å². The number of terminal acetylenes is 1. The third-order valence-corrected chi connectivity index (χ3v) is 2.34. The molecule has 0 aliphatic heterocycles. The molecule has 0 bridgehead atoms. The maximum absolute atomic E-state index is 9.67. The lowest BCUT2D eigenvalue weighted by atomic mass is 10.1. The molecule has 0 unspecified atom stereocenters. The largest absolute Gasteiger partial charge is 0.389 e. The van der Waals surface area contributed by atoms with Crippen LogP contribution in [0.25, 0.3) is 0 Å². The van der Waals surface area contributed by atoms with E-state index < -0.39 is 6.10 Å². The van der Waals surface area contributed by atoms with Gasteiger partial charge in [-0.2, -0.15) is 0 Å². The first-order valence-electron chi connectivity index (χ1n) is 5.52. The Kier molecular flexibility index (Phi) is 4.81. The Labute approximate surface area is 97.1 Å². The van der Waals surface area contributed by atoms with Crippen LogP contribution in [0, 0.1) is 12.3 Å². The molecule has 0 amide bonds. The average Bonchev–Trinajstić information content (AvgIpc) is 2.29. The molecule has 1 atom stereocenters. The number of nitrogens with zero attached hydrogens (tertiary/aromatic N) is 2. The molecular weight excluding hydrogens is 200 g/mol. The number of anilines is 1. The van der Waals surface area contributed by atoms with Crippen LogP contribution in [0.1, 0.15) is 31.9 Å². The quantitative estimate of drug-likeness (QED) is 0.768. The van der Waals surface area contributed by atoms with Crippen molar-refractivity contribution in [1.29, 1.82) is 0 Å². The van der Waals surface area contributed by atoms with Gasteiger partial charge in [0.2, 0.25) is 0 Å². The summed E-state index contributed by atoms with van der Waals surface area (Å²) in [4.78, 5) is 6.32. The molecule has 1 aromatic heterocycles. The van der Waals surface area contributed by atoms with Gasteiger partial charge in [0.25, 0.3) is 0 Å². The molecule has 0 saturated heterocycles. The van der Waals surface area contributed by atoms with E-state index in [4.69, 9.17) is 6.42 Å². The molecule has 0 radical (unpaired) electrons. The summed E-state index contributed by atoms with van der Waals surface area (Å²) in [6, 6.07) is 3.71. The van der Waals surface area contributed by atoms with Crippen molar-refractivity contribution < 1.29 is 5.11 Å². The van der Waals surface area contributed by atoms with Crippen molar-refractivity contribution in [2.75, 3.05) is 18.0 Å². The molecule has 3 nitrogen and oxygen atoms in total. The zero-order chi connectivity index (χ0) is 12.0. The highest BCUT2D eigenvalue weighted by molar-refractivity contribution is 5.48. The lowest BCUT2D eigenvalue weighted by Crippen LogP contribution is -2.26. The first kappa shape index (κ1) is 12.5. The Balaban J connectivity index is 3.03. The maximum atomic E-state index is 9.67. The summed E-state index contributed by atoms with van der Waals surface area (Å²) in [5.74, 6) is 3.41. The molecule has 0 saturated carbocycles. The number of rotatable bonds is 5. The third-order valence-electron chi connectivity index (χ3n) is 2.34. The lowest BCUT2D eigenvalue weighted by Gasteiger charge is -2.24. The van der Waals surface area contributed by atoms with E-state index in [0.29, 0.717) is 6.54 Å². The monoisotopic (exact) mass is 218 g/mol. The minimum absolute atomic E-state index is 0.518. The standard InChI is InChI=1S/C13H18N2O/c1-4-9-15(10-5-2)13-12(11(3)16)7-6-8-14-13/h1,6-8,11,16H,5,9-10H2,2-3H3/t11-/m1/s1. The predicted octanol–water partition coefficient (Wildman–Crippen LogP) is 1.98. The van der Waals surface area contributed by atoms with Gasteiger partial charge in [-0.3, -0.25) is 0 Å². The number of aliphatic hydroxyl groups is 1. The van der Waals surface area contributed by atoms with Gasteiger partial charge >= 0.3 is 0 Å². The molecule has 16 heavy (non-hydrogen) atoms. The zero-order valence-corrected chi connectivity index (χ0v) is 9.85. The van der Waals surface area contributed by atoms with Crippen LogP contribution < -0.4 is 4.90 Å². The second kappa shape index (κ2) is 6.14. The second-order valence-corrected chi connectivity index (χ2v) is 3.72. The van der Waals surface area contributed by atoms with Gasteiger partial charge in [-0.15, -0.1) is 6.42 Å². The van der Waals surface area contributed by atoms with Gasteiger partial charge in [0.15, 0.2) is 0 Å². The highest BCUT2D eigenvalue weighted by atomic mass is 16.3. The molecule has 1 rings (SSSR count). The second-order valence-electron chi connectivity index (χ2n) is 3.72. The molecule has 1 heterocycles. The highest BCUT2D eigenvalue weighted by Gasteiger charge is 2.13. The van der Waals surface area contributed by atoms with Crippen LogP contribution in [-0.4, -0.2) is 23.2 Å². The van der Waals surface area contributed by atoms with Crippen molar-refractivity contribution >= 4 is 5.82 Å². The van der Waals surface area contributed by atoms with E-state index >= 15 is 0 Å². The van der Waals surface area contributed by atoms with Crippen molar-refractivity contribution in [3.63, 3.8) is 0 Å². The Morgan fingerprint density at radius 2 is 2.38 bits per heavy atom. The van der Waals surface area contributed by atoms with Crippen molar-refractivity contribution in [1.82, 2.24) is 4.98 Å². The van der Waals surface area contributed by atoms with E-state index in [1.807, 2.05) is 17.0 Å². The summed E-state index contributed by atoms with van der Waals surface area (Å²) in [6.07, 6.45) is 7.53. The maximum Gasteiger partial charge on any atom is 0.135 e. The number of pyridine rings is 1. The Hall–Kier alpha value is -1.53. The summed E-state index contributed by atoms with van der Waals surface area (Å²) < 4.78 is 0. The average molecular weight is 218 g/mol. The van der Waals surface area contributed by atoms with Gasteiger partial charge in [0.1, 0.15) is 5.82 Å². The Morgan fingerprint density at radius 3 is 2.94 bits per heavy atom. The summed E-state index contributed by atoms with van der Waals surface area (Å²) >= 11 is 0. The third kappa shape index (κ3) is 2.98. The van der Waals surface area contributed by atoms with E-state index in [1.165, 1.54) is 0 Å². The fraction of sp³-hybridized carbons (Fsp3) is 0.462. The van der Waals surface area contributed by atoms with E-state index in [-0.39, 0.29) is 0 Å². The van der Waals surface area contributed by atoms with Crippen molar-refractivity contribution in [2.45, 2.75) is 26.4 Å². The van der Waals surface area contributed by atoms with E-state index in [1.54, 1.807) is 13.1 Å². The molecule has 3 heteroatoms. The summed E-state index contributed by atoms with van der Waals surface area (Å²) in [5.41, 5.74) is 0.825. The normalized spacial score (nSPS) is 11.9. The predicted molar refractivity (Wildman–Crippen MR) is 66.2 cm³/mol. The van der Waals surface area contributed by atoms with Crippen molar-refractivity contribution in [3.05, 3.63) is 23.9 Å². The van der Waals surface area contributed by atoms with Gasteiger partial charge in [0.05, 0.1) is 12.6 Å². The van der Waals surface area contributed by atoms with Gasteiger partial charge in [0, 0.05) is 18.3 Å². The molecule has 0 spiro atoms. The minimum atomic E-state index is -0.527. The first-order valence-corrected chi connectivity index (χ1v) is 5.52. The fourth-order valence-electron chi connectivity index (χ4n) is 1.64. The van der Waals surface area contributed by atoms with Gasteiger partial charge in [-0.25, -0.2) is 4.98 Å². The molecule has 86 valence electrons. The van der Waals surface area contributed by atoms with Crippen molar-refractivity contribution in [2.24, 2.45) is 0 Å². The molecule has 0 aliphatic carbocycles. The zero-order valence-electron chi connectivity index (χ0n) is 9.85. The van der Waals surface area contributed by atoms with Crippen LogP contribution in [0.15, 0.2) is 18.3 Å².